The minimum absolute atomic E-state index is 0.0926. The van der Waals surface area contributed by atoms with Crippen molar-refractivity contribution in [2.45, 2.75) is 82.6 Å². The summed E-state index contributed by atoms with van der Waals surface area (Å²) in [7, 11) is -3.62. The van der Waals surface area contributed by atoms with Crippen LogP contribution in [0.5, 0.6) is 0 Å². The van der Waals surface area contributed by atoms with E-state index in [1.807, 2.05) is 0 Å². The van der Waals surface area contributed by atoms with Crippen molar-refractivity contribution in [1.29, 1.82) is 0 Å². The molecule has 1 saturated heterocycles. The number of aryl methyl sites for hydroxylation is 2. The molecule has 0 aromatic carbocycles. The molecule has 1 aliphatic carbocycles. The molecule has 1 amide bonds. The zero-order valence-corrected chi connectivity index (χ0v) is 17.2. The van der Waals surface area contributed by atoms with E-state index in [0.29, 0.717) is 37.4 Å². The van der Waals surface area contributed by atoms with Gasteiger partial charge in [0.1, 0.15) is 10.6 Å². The lowest BCUT2D eigenvalue weighted by atomic mass is 9.94. The summed E-state index contributed by atoms with van der Waals surface area (Å²) in [6.45, 7) is 3.96. The highest BCUT2D eigenvalue weighted by molar-refractivity contribution is 7.89. The number of hydrogen-bond donors (Lipinski definition) is 1. The van der Waals surface area contributed by atoms with Gasteiger partial charge in [-0.05, 0) is 39.5 Å². The van der Waals surface area contributed by atoms with E-state index in [4.69, 9.17) is 4.52 Å². The van der Waals surface area contributed by atoms with Gasteiger partial charge in [-0.25, -0.2) is 8.42 Å². The molecule has 2 aliphatic rings. The number of sulfonamides is 1. The third-order valence-electron chi connectivity index (χ3n) is 5.84. The van der Waals surface area contributed by atoms with Crippen LogP contribution in [0, 0.1) is 19.8 Å². The molecule has 27 heavy (non-hydrogen) atoms. The lowest BCUT2D eigenvalue weighted by Crippen LogP contribution is -2.45. The van der Waals surface area contributed by atoms with Gasteiger partial charge in [0, 0.05) is 25.0 Å². The van der Waals surface area contributed by atoms with E-state index in [2.05, 4.69) is 10.5 Å². The largest absolute Gasteiger partial charge is 0.360 e. The number of amides is 1. The molecule has 2 heterocycles. The first kappa shape index (κ1) is 20.3. The molecule has 0 unspecified atom stereocenters. The van der Waals surface area contributed by atoms with Gasteiger partial charge in [-0.3, -0.25) is 4.79 Å². The van der Waals surface area contributed by atoms with Crippen molar-refractivity contribution in [2.75, 3.05) is 13.1 Å². The zero-order chi connectivity index (χ0) is 19.4. The molecule has 152 valence electrons. The van der Waals surface area contributed by atoms with Gasteiger partial charge in [-0.15, -0.1) is 0 Å². The van der Waals surface area contributed by atoms with Crippen LogP contribution in [0.25, 0.3) is 0 Å². The second-order valence-corrected chi connectivity index (χ2v) is 9.76. The minimum Gasteiger partial charge on any atom is -0.360 e. The van der Waals surface area contributed by atoms with Gasteiger partial charge in [0.2, 0.25) is 15.9 Å². The highest BCUT2D eigenvalue weighted by Gasteiger charge is 2.35. The third kappa shape index (κ3) is 4.71. The summed E-state index contributed by atoms with van der Waals surface area (Å²) in [5, 5.41) is 6.98. The first-order chi connectivity index (χ1) is 12.9. The van der Waals surface area contributed by atoms with E-state index < -0.39 is 10.0 Å². The number of rotatable bonds is 4. The summed E-state index contributed by atoms with van der Waals surface area (Å²) in [4.78, 5) is 12.8. The van der Waals surface area contributed by atoms with Crippen LogP contribution in [0.1, 0.15) is 69.2 Å². The SMILES string of the molecule is Cc1noc(C)c1S(=O)(=O)N1CCC(C(=O)NC2CCCCCCC2)CC1. The maximum absolute atomic E-state index is 12.9. The number of carbonyl (C=O) groups is 1. The van der Waals surface area contributed by atoms with E-state index in [1.165, 1.54) is 36.4 Å². The van der Waals surface area contributed by atoms with Crippen molar-refractivity contribution in [3.05, 3.63) is 11.5 Å². The van der Waals surface area contributed by atoms with Gasteiger partial charge in [0.15, 0.2) is 5.76 Å². The Morgan fingerprint density at radius 1 is 1.04 bits per heavy atom. The number of nitrogens with one attached hydrogen (secondary N) is 1. The summed E-state index contributed by atoms with van der Waals surface area (Å²) >= 11 is 0. The highest BCUT2D eigenvalue weighted by Crippen LogP contribution is 2.28. The number of carbonyl (C=O) groups excluding carboxylic acids is 1. The Morgan fingerprint density at radius 2 is 1.63 bits per heavy atom. The fourth-order valence-corrected chi connectivity index (χ4v) is 6.01. The van der Waals surface area contributed by atoms with Crippen LogP contribution in [0.3, 0.4) is 0 Å². The van der Waals surface area contributed by atoms with E-state index in [9.17, 15) is 13.2 Å². The Morgan fingerprint density at radius 3 is 2.19 bits per heavy atom. The maximum Gasteiger partial charge on any atom is 0.248 e. The summed E-state index contributed by atoms with van der Waals surface area (Å²) < 4.78 is 32.2. The van der Waals surface area contributed by atoms with Crippen LogP contribution in [-0.4, -0.2) is 42.9 Å². The molecule has 1 aromatic rings. The van der Waals surface area contributed by atoms with Crippen molar-refractivity contribution >= 4 is 15.9 Å². The summed E-state index contributed by atoms with van der Waals surface area (Å²) in [6, 6.07) is 0.280. The Labute approximate surface area is 161 Å². The predicted molar refractivity (Wildman–Crippen MR) is 102 cm³/mol. The lowest BCUT2D eigenvalue weighted by Gasteiger charge is -2.31. The van der Waals surface area contributed by atoms with Crippen LogP contribution in [-0.2, 0) is 14.8 Å². The zero-order valence-electron chi connectivity index (χ0n) is 16.4. The highest BCUT2D eigenvalue weighted by atomic mass is 32.2. The Hall–Kier alpha value is -1.41. The topological polar surface area (TPSA) is 92.5 Å². The normalized spacial score (nSPS) is 21.6. The van der Waals surface area contributed by atoms with Crippen molar-refractivity contribution in [3.8, 4) is 0 Å². The molecule has 1 aliphatic heterocycles. The van der Waals surface area contributed by atoms with Gasteiger partial charge < -0.3 is 9.84 Å². The molecule has 2 fully saturated rings. The molecule has 0 bridgehead atoms. The van der Waals surface area contributed by atoms with Crippen LogP contribution >= 0.6 is 0 Å². The maximum atomic E-state index is 12.9. The molecule has 0 radical (unpaired) electrons. The molecule has 0 spiro atoms. The predicted octanol–water partition coefficient (Wildman–Crippen LogP) is 2.92. The molecule has 0 atom stereocenters. The van der Waals surface area contributed by atoms with Crippen molar-refractivity contribution in [3.63, 3.8) is 0 Å². The van der Waals surface area contributed by atoms with Crippen LogP contribution in [0.2, 0.25) is 0 Å². The van der Waals surface area contributed by atoms with Crippen molar-refractivity contribution < 1.29 is 17.7 Å². The van der Waals surface area contributed by atoms with Gasteiger partial charge >= 0.3 is 0 Å². The molecule has 1 aromatic heterocycles. The molecule has 1 saturated carbocycles. The molecular formula is C19H31N3O4S. The van der Waals surface area contributed by atoms with Crippen LogP contribution < -0.4 is 5.32 Å². The van der Waals surface area contributed by atoms with E-state index in [1.54, 1.807) is 13.8 Å². The summed E-state index contributed by atoms with van der Waals surface area (Å²) in [5.41, 5.74) is 0.386. The fraction of sp³-hybridized carbons (Fsp3) is 0.789. The smallest absolute Gasteiger partial charge is 0.248 e. The number of hydrogen-bond acceptors (Lipinski definition) is 5. The third-order valence-corrected chi connectivity index (χ3v) is 7.99. The van der Waals surface area contributed by atoms with Gasteiger partial charge in [0.25, 0.3) is 0 Å². The first-order valence-electron chi connectivity index (χ1n) is 10.1. The van der Waals surface area contributed by atoms with E-state index >= 15 is 0 Å². The molecule has 8 heteroatoms. The summed E-state index contributed by atoms with van der Waals surface area (Å²) in [5.74, 6) is 0.304. The molecule has 1 N–H and O–H groups in total. The van der Waals surface area contributed by atoms with E-state index in [-0.39, 0.29) is 22.8 Å². The Bertz CT molecular complexity index is 724. The monoisotopic (exact) mass is 397 g/mol. The first-order valence-corrected chi connectivity index (χ1v) is 11.6. The minimum atomic E-state index is -3.62. The molecule has 3 rings (SSSR count). The average Bonchev–Trinajstić information content (AvgIpc) is 2.96. The van der Waals surface area contributed by atoms with E-state index in [0.717, 1.165) is 12.8 Å². The molecular weight excluding hydrogens is 366 g/mol. The Balaban J connectivity index is 1.56. The van der Waals surface area contributed by atoms with Gasteiger partial charge in [-0.1, -0.05) is 37.3 Å². The second kappa shape index (κ2) is 8.73. The Kier molecular flexibility index (Phi) is 6.57. The number of piperidine rings is 1. The van der Waals surface area contributed by atoms with Gasteiger partial charge in [0.05, 0.1) is 0 Å². The fourth-order valence-electron chi connectivity index (χ4n) is 4.25. The lowest BCUT2D eigenvalue weighted by molar-refractivity contribution is -0.127. The van der Waals surface area contributed by atoms with Crippen LogP contribution in [0.4, 0.5) is 0 Å². The average molecular weight is 398 g/mol. The quantitative estimate of drug-likeness (QED) is 0.843. The second-order valence-electron chi connectivity index (χ2n) is 7.88. The standard InChI is InChI=1S/C19H31N3O4S/c1-14-18(15(2)26-21-14)27(24,25)22-12-10-16(11-13-22)19(23)20-17-8-6-4-3-5-7-9-17/h16-17H,3-13H2,1-2H3,(H,20,23). The van der Waals surface area contributed by atoms with Crippen molar-refractivity contribution in [2.24, 2.45) is 5.92 Å². The number of aromatic nitrogens is 1. The van der Waals surface area contributed by atoms with Crippen molar-refractivity contribution in [1.82, 2.24) is 14.8 Å². The van der Waals surface area contributed by atoms with Crippen LogP contribution in [0.15, 0.2) is 9.42 Å². The molecule has 7 nitrogen and oxygen atoms in total. The number of nitrogens with zero attached hydrogens (tertiary/aromatic N) is 2. The summed E-state index contributed by atoms with van der Waals surface area (Å²) in [6.07, 6.45) is 9.41. The van der Waals surface area contributed by atoms with Gasteiger partial charge in [-0.2, -0.15) is 4.31 Å².